The van der Waals surface area contributed by atoms with Crippen LogP contribution in [0.2, 0.25) is 0 Å². The van der Waals surface area contributed by atoms with E-state index in [1.54, 1.807) is 30.5 Å². The molecule has 29 heavy (non-hydrogen) atoms. The Bertz CT molecular complexity index is 1450. The number of anilines is 2. The molecule has 5 rings (SSSR count). The minimum atomic E-state index is -3.80. The number of fused-ring (bicyclic) bond motifs is 2. The maximum atomic E-state index is 12.9. The fourth-order valence-corrected chi connectivity index (χ4v) is 6.71. The van der Waals surface area contributed by atoms with E-state index in [2.05, 4.69) is 38.1 Å². The van der Waals surface area contributed by atoms with Crippen LogP contribution in [0.1, 0.15) is 5.69 Å². The highest BCUT2D eigenvalue weighted by Crippen LogP contribution is 2.38. The second-order valence-electron chi connectivity index (χ2n) is 6.54. The van der Waals surface area contributed by atoms with Crippen LogP contribution >= 0.6 is 22.7 Å². The van der Waals surface area contributed by atoms with Crippen LogP contribution in [-0.2, 0) is 10.0 Å². The molecule has 0 aliphatic carbocycles. The summed E-state index contributed by atoms with van der Waals surface area (Å²) in [6.07, 6.45) is 1.68. The number of hydrogen-bond acceptors (Lipinski definition) is 7. The highest BCUT2D eigenvalue weighted by molar-refractivity contribution is 7.94. The number of nitrogen functional groups attached to an aromatic ring is 1. The van der Waals surface area contributed by atoms with Crippen LogP contribution in [0.25, 0.3) is 31.4 Å². The van der Waals surface area contributed by atoms with Gasteiger partial charge >= 0.3 is 0 Å². The molecule has 3 heterocycles. The van der Waals surface area contributed by atoms with E-state index < -0.39 is 10.0 Å². The summed E-state index contributed by atoms with van der Waals surface area (Å²) in [7, 11) is -3.80. The summed E-state index contributed by atoms with van der Waals surface area (Å²) in [5.41, 5.74) is 8.26. The molecule has 0 aliphatic heterocycles. The van der Waals surface area contributed by atoms with Crippen molar-refractivity contribution in [3.63, 3.8) is 0 Å². The fourth-order valence-electron chi connectivity index (χ4n) is 3.28. The van der Waals surface area contributed by atoms with E-state index in [1.165, 1.54) is 0 Å². The van der Waals surface area contributed by atoms with Crippen LogP contribution in [0, 0.1) is 6.92 Å². The van der Waals surface area contributed by atoms with Gasteiger partial charge in [0.25, 0.3) is 10.0 Å². The zero-order valence-electron chi connectivity index (χ0n) is 15.1. The number of aromatic nitrogens is 3. The molecule has 7 nitrogen and oxygen atoms in total. The molecule has 0 fully saturated rings. The van der Waals surface area contributed by atoms with E-state index in [0.717, 1.165) is 42.8 Å². The Morgan fingerprint density at radius 2 is 1.93 bits per heavy atom. The van der Waals surface area contributed by atoms with Crippen LogP contribution in [-0.4, -0.2) is 23.6 Å². The van der Waals surface area contributed by atoms with Gasteiger partial charge in [0.1, 0.15) is 0 Å². The number of sulfonamides is 1. The summed E-state index contributed by atoms with van der Waals surface area (Å²) in [5, 5.41) is 9.33. The van der Waals surface area contributed by atoms with Crippen LogP contribution in [0.5, 0.6) is 0 Å². The lowest BCUT2D eigenvalue weighted by atomic mass is 10.1. The van der Waals surface area contributed by atoms with Crippen LogP contribution in [0.15, 0.2) is 52.9 Å². The first-order valence-electron chi connectivity index (χ1n) is 8.62. The molecule has 0 unspecified atom stereocenters. The lowest BCUT2D eigenvalue weighted by Crippen LogP contribution is -2.12. The van der Waals surface area contributed by atoms with Gasteiger partial charge in [-0.15, -0.1) is 11.3 Å². The summed E-state index contributed by atoms with van der Waals surface area (Å²) in [4.78, 5) is 5.04. The Morgan fingerprint density at radius 3 is 2.69 bits per heavy atom. The van der Waals surface area contributed by atoms with E-state index in [9.17, 15) is 8.42 Å². The number of hydrogen-bond donors (Lipinski definition) is 3. The standard InChI is InChI=1S/C19H15N5O2S3/c1-10-18(28-19(20)22-10)29(25,26)24-13-6-12-9-21-23-17(12)14(8-13)16-7-11-4-2-3-5-15(11)27-16/h2-9,24H,1H3,(H2,20,22)(H,21,23). The second kappa shape index (κ2) is 6.55. The van der Waals surface area contributed by atoms with E-state index in [-0.39, 0.29) is 9.34 Å². The first kappa shape index (κ1) is 18.1. The molecule has 2 aromatic carbocycles. The average molecular weight is 442 g/mol. The Hall–Kier alpha value is -2.95. The first-order valence-corrected chi connectivity index (χ1v) is 11.7. The van der Waals surface area contributed by atoms with Crippen molar-refractivity contribution in [3.05, 3.63) is 54.4 Å². The van der Waals surface area contributed by atoms with Gasteiger partial charge in [0.2, 0.25) is 0 Å². The summed E-state index contributed by atoms with van der Waals surface area (Å²) in [5.74, 6) is 0. The van der Waals surface area contributed by atoms with Gasteiger partial charge in [0.15, 0.2) is 9.34 Å². The maximum absolute atomic E-state index is 12.9. The van der Waals surface area contributed by atoms with E-state index in [4.69, 9.17) is 5.73 Å². The normalized spacial score (nSPS) is 12.0. The monoisotopic (exact) mass is 441 g/mol. The maximum Gasteiger partial charge on any atom is 0.273 e. The molecule has 0 atom stereocenters. The van der Waals surface area contributed by atoms with Crippen LogP contribution in [0.3, 0.4) is 0 Å². The second-order valence-corrected chi connectivity index (χ2v) is 10.5. The van der Waals surface area contributed by atoms with Crippen molar-refractivity contribution in [2.24, 2.45) is 0 Å². The molecule has 146 valence electrons. The SMILES string of the molecule is Cc1nc(N)sc1S(=O)(=O)Nc1cc(-c2cc3ccccc3s2)c2[nH]ncc2c1. The van der Waals surface area contributed by atoms with Crippen LogP contribution < -0.4 is 10.5 Å². The quantitative estimate of drug-likeness (QED) is 0.377. The molecule has 0 radical (unpaired) electrons. The molecule has 0 saturated heterocycles. The third-order valence-electron chi connectivity index (χ3n) is 4.51. The highest BCUT2D eigenvalue weighted by atomic mass is 32.2. The minimum absolute atomic E-state index is 0.116. The van der Waals surface area contributed by atoms with Gasteiger partial charge in [0.05, 0.1) is 23.1 Å². The molecule has 0 aliphatic rings. The lowest BCUT2D eigenvalue weighted by Gasteiger charge is -2.09. The fraction of sp³-hybridized carbons (Fsp3) is 0.0526. The zero-order chi connectivity index (χ0) is 20.2. The molecular formula is C19H15N5O2S3. The Morgan fingerprint density at radius 1 is 1.10 bits per heavy atom. The van der Waals surface area contributed by atoms with Crippen molar-refractivity contribution in [2.75, 3.05) is 10.5 Å². The average Bonchev–Trinajstić information content (AvgIpc) is 3.38. The van der Waals surface area contributed by atoms with E-state index in [0.29, 0.717) is 11.4 Å². The molecular weight excluding hydrogens is 426 g/mol. The number of thiazole rings is 1. The Balaban J connectivity index is 1.63. The first-order chi connectivity index (χ1) is 13.9. The molecule has 3 aromatic heterocycles. The van der Waals surface area contributed by atoms with Gasteiger partial charge in [-0.25, -0.2) is 13.4 Å². The van der Waals surface area contributed by atoms with Gasteiger partial charge in [0, 0.05) is 20.5 Å². The number of nitrogens with one attached hydrogen (secondary N) is 2. The summed E-state index contributed by atoms with van der Waals surface area (Å²) >= 11 is 2.60. The van der Waals surface area contributed by atoms with E-state index >= 15 is 0 Å². The van der Waals surface area contributed by atoms with Gasteiger partial charge in [-0.3, -0.25) is 9.82 Å². The predicted molar refractivity (Wildman–Crippen MR) is 119 cm³/mol. The number of thiophene rings is 1. The topological polar surface area (TPSA) is 114 Å². The summed E-state index contributed by atoms with van der Waals surface area (Å²) in [6, 6.07) is 13.8. The van der Waals surface area contributed by atoms with Gasteiger partial charge in [-0.2, -0.15) is 5.10 Å². The molecule has 5 aromatic rings. The van der Waals surface area contributed by atoms with Crippen molar-refractivity contribution in [1.29, 1.82) is 0 Å². The molecule has 0 bridgehead atoms. The largest absolute Gasteiger partial charge is 0.375 e. The number of nitrogens with two attached hydrogens (primary N) is 1. The molecule has 0 saturated carbocycles. The van der Waals surface area contributed by atoms with E-state index in [1.807, 2.05) is 18.2 Å². The number of rotatable bonds is 4. The number of aromatic amines is 1. The Labute approximate surface area is 174 Å². The molecule has 0 spiro atoms. The third-order valence-corrected chi connectivity index (χ3v) is 8.63. The third kappa shape index (κ3) is 3.15. The molecule has 4 N–H and O–H groups in total. The number of aryl methyl sites for hydroxylation is 1. The van der Waals surface area contributed by atoms with Crippen molar-refractivity contribution < 1.29 is 8.42 Å². The smallest absolute Gasteiger partial charge is 0.273 e. The number of H-pyrrole nitrogens is 1. The van der Waals surface area contributed by atoms with Crippen molar-refractivity contribution >= 4 is 64.5 Å². The number of benzene rings is 2. The van der Waals surface area contributed by atoms with Crippen molar-refractivity contribution in [3.8, 4) is 10.4 Å². The Kier molecular flexibility index (Phi) is 4.09. The number of nitrogens with zero attached hydrogens (tertiary/aromatic N) is 2. The predicted octanol–water partition coefficient (Wildman–Crippen LogP) is 4.59. The lowest BCUT2D eigenvalue weighted by molar-refractivity contribution is 0.602. The zero-order valence-corrected chi connectivity index (χ0v) is 17.6. The van der Waals surface area contributed by atoms with Crippen LogP contribution in [0.4, 0.5) is 10.8 Å². The minimum Gasteiger partial charge on any atom is -0.375 e. The van der Waals surface area contributed by atoms with Gasteiger partial charge in [-0.1, -0.05) is 29.5 Å². The molecule has 0 amide bonds. The van der Waals surface area contributed by atoms with Crippen molar-refractivity contribution in [2.45, 2.75) is 11.1 Å². The van der Waals surface area contributed by atoms with Gasteiger partial charge < -0.3 is 5.73 Å². The van der Waals surface area contributed by atoms with Crippen molar-refractivity contribution in [1.82, 2.24) is 15.2 Å². The molecule has 10 heteroatoms. The summed E-state index contributed by atoms with van der Waals surface area (Å²) < 4.78 is 29.7. The van der Waals surface area contributed by atoms with Gasteiger partial charge in [-0.05, 0) is 36.6 Å². The highest BCUT2D eigenvalue weighted by Gasteiger charge is 2.22. The summed E-state index contributed by atoms with van der Waals surface area (Å²) in [6.45, 7) is 1.63.